The van der Waals surface area contributed by atoms with E-state index in [-0.39, 0.29) is 11.9 Å². The van der Waals surface area contributed by atoms with Gasteiger partial charge in [0.05, 0.1) is 10.7 Å². The number of allylic oxidation sites excluding steroid dienone is 2. The summed E-state index contributed by atoms with van der Waals surface area (Å²) in [6.07, 6.45) is 6.53. The number of carbonyl (C=O) groups is 2. The Kier molecular flexibility index (Phi) is 4.57. The van der Waals surface area contributed by atoms with Crippen molar-refractivity contribution in [3.05, 3.63) is 35.4 Å². The Bertz CT molecular complexity index is 643. The molecule has 5 nitrogen and oxygen atoms in total. The molecule has 1 aromatic carbocycles. The van der Waals surface area contributed by atoms with E-state index in [0.717, 1.165) is 25.9 Å². The Hall–Kier alpha value is -2.01. The van der Waals surface area contributed by atoms with Gasteiger partial charge in [-0.05, 0) is 42.9 Å². The van der Waals surface area contributed by atoms with E-state index < -0.39 is 0 Å². The molecule has 1 fully saturated rings. The summed E-state index contributed by atoms with van der Waals surface area (Å²) in [5.41, 5.74) is 1.16. The Morgan fingerprint density at radius 2 is 1.78 bits per heavy atom. The Labute approximate surface area is 140 Å². The third kappa shape index (κ3) is 3.67. The number of fused-ring (bicyclic) bond motifs is 1. The lowest BCUT2D eigenvalue weighted by Crippen LogP contribution is -2.33. The zero-order chi connectivity index (χ0) is 16.4. The van der Waals surface area contributed by atoms with Crippen molar-refractivity contribution >= 4 is 34.9 Å². The van der Waals surface area contributed by atoms with Crippen LogP contribution >= 0.6 is 11.6 Å². The summed E-state index contributed by atoms with van der Waals surface area (Å²) >= 11 is 6.19. The highest BCUT2D eigenvalue weighted by Crippen LogP contribution is 2.33. The zero-order valence-corrected chi connectivity index (χ0v) is 13.8. The lowest BCUT2D eigenvalue weighted by Gasteiger charge is -2.18. The molecular formula is C17H20ClN3O2. The minimum atomic E-state index is -0.161. The molecule has 6 heteroatoms. The predicted octanol–water partition coefficient (Wildman–Crippen LogP) is 3.73. The first kappa shape index (κ1) is 15.9. The summed E-state index contributed by atoms with van der Waals surface area (Å²) in [5, 5.41) is 5.93. The largest absolute Gasteiger partial charge is 0.326 e. The van der Waals surface area contributed by atoms with Crippen LogP contribution in [0.4, 0.5) is 16.2 Å². The normalized spacial score (nSPS) is 22.6. The van der Waals surface area contributed by atoms with Crippen LogP contribution in [-0.2, 0) is 4.79 Å². The molecule has 23 heavy (non-hydrogen) atoms. The SMILES string of the molecule is CC(=O)Nc1ccc(NC(=O)N2CC3CC=CCC3C2)c(Cl)c1. The van der Waals surface area contributed by atoms with E-state index >= 15 is 0 Å². The van der Waals surface area contributed by atoms with Crippen LogP contribution in [0.2, 0.25) is 5.02 Å². The molecule has 2 N–H and O–H groups in total. The number of halogens is 1. The maximum atomic E-state index is 12.4. The van der Waals surface area contributed by atoms with Crippen molar-refractivity contribution in [1.82, 2.24) is 4.90 Å². The molecular weight excluding hydrogens is 314 g/mol. The number of carbonyl (C=O) groups excluding carboxylic acids is 2. The van der Waals surface area contributed by atoms with Gasteiger partial charge in [-0.3, -0.25) is 4.79 Å². The topological polar surface area (TPSA) is 61.4 Å². The van der Waals surface area contributed by atoms with Crippen molar-refractivity contribution in [2.75, 3.05) is 23.7 Å². The minimum Gasteiger partial charge on any atom is -0.326 e. The van der Waals surface area contributed by atoms with E-state index in [1.54, 1.807) is 18.2 Å². The van der Waals surface area contributed by atoms with Gasteiger partial charge in [0.25, 0.3) is 0 Å². The fraction of sp³-hybridized carbons (Fsp3) is 0.412. The van der Waals surface area contributed by atoms with Crippen LogP contribution in [-0.4, -0.2) is 29.9 Å². The van der Waals surface area contributed by atoms with E-state index in [1.165, 1.54) is 6.92 Å². The molecule has 3 amide bonds. The van der Waals surface area contributed by atoms with Crippen molar-refractivity contribution in [2.24, 2.45) is 11.8 Å². The van der Waals surface area contributed by atoms with Crippen LogP contribution in [0, 0.1) is 11.8 Å². The second kappa shape index (κ2) is 6.62. The number of hydrogen-bond acceptors (Lipinski definition) is 2. The monoisotopic (exact) mass is 333 g/mol. The van der Waals surface area contributed by atoms with Crippen molar-refractivity contribution in [2.45, 2.75) is 19.8 Å². The molecule has 1 aromatic rings. The standard InChI is InChI=1S/C17H20ClN3O2/c1-11(22)19-14-6-7-16(15(18)8-14)20-17(23)21-9-12-4-2-3-5-13(12)10-21/h2-3,6-8,12-13H,4-5,9-10H2,1H3,(H,19,22)(H,20,23). The molecule has 1 saturated heterocycles. The highest BCUT2D eigenvalue weighted by atomic mass is 35.5. The molecule has 0 bridgehead atoms. The highest BCUT2D eigenvalue weighted by Gasteiger charge is 2.35. The maximum absolute atomic E-state index is 12.4. The first-order chi connectivity index (χ1) is 11.0. The lowest BCUT2D eigenvalue weighted by atomic mass is 9.86. The third-order valence-electron chi connectivity index (χ3n) is 4.44. The van der Waals surface area contributed by atoms with Crippen LogP contribution in [0.25, 0.3) is 0 Å². The number of rotatable bonds is 2. The Balaban J connectivity index is 1.63. The van der Waals surface area contributed by atoms with Crippen LogP contribution in [0.1, 0.15) is 19.8 Å². The third-order valence-corrected chi connectivity index (χ3v) is 4.75. The van der Waals surface area contributed by atoms with Crippen molar-refractivity contribution in [3.8, 4) is 0 Å². The zero-order valence-electron chi connectivity index (χ0n) is 13.0. The first-order valence-corrected chi connectivity index (χ1v) is 8.19. The maximum Gasteiger partial charge on any atom is 0.321 e. The van der Waals surface area contributed by atoms with Gasteiger partial charge in [-0.15, -0.1) is 0 Å². The number of anilines is 2. The molecule has 0 aromatic heterocycles. The number of urea groups is 1. The van der Waals surface area contributed by atoms with Gasteiger partial charge in [0, 0.05) is 25.7 Å². The molecule has 2 aliphatic rings. The van der Waals surface area contributed by atoms with E-state index in [1.807, 2.05) is 4.90 Å². The summed E-state index contributed by atoms with van der Waals surface area (Å²) in [7, 11) is 0. The molecule has 1 aliphatic carbocycles. The van der Waals surface area contributed by atoms with Crippen LogP contribution in [0.5, 0.6) is 0 Å². The van der Waals surface area contributed by atoms with Gasteiger partial charge in [-0.1, -0.05) is 23.8 Å². The van der Waals surface area contributed by atoms with Crippen LogP contribution < -0.4 is 10.6 Å². The van der Waals surface area contributed by atoms with Gasteiger partial charge in [-0.25, -0.2) is 4.79 Å². The van der Waals surface area contributed by atoms with Crippen LogP contribution in [0.3, 0.4) is 0 Å². The quantitative estimate of drug-likeness (QED) is 0.810. The summed E-state index contributed by atoms with van der Waals surface area (Å²) < 4.78 is 0. The van der Waals surface area contributed by atoms with Gasteiger partial charge in [0.2, 0.25) is 5.91 Å². The molecule has 122 valence electrons. The molecule has 0 radical (unpaired) electrons. The summed E-state index contributed by atoms with van der Waals surface area (Å²) in [4.78, 5) is 25.3. The molecule has 2 unspecified atom stereocenters. The average Bonchev–Trinajstić information content (AvgIpc) is 2.93. The molecule has 1 heterocycles. The Morgan fingerprint density at radius 1 is 1.13 bits per heavy atom. The van der Waals surface area contributed by atoms with E-state index in [0.29, 0.717) is 28.2 Å². The van der Waals surface area contributed by atoms with Gasteiger partial charge < -0.3 is 15.5 Å². The molecule has 2 atom stereocenters. The van der Waals surface area contributed by atoms with E-state index in [4.69, 9.17) is 11.6 Å². The molecule has 3 rings (SSSR count). The van der Waals surface area contributed by atoms with Gasteiger partial charge in [0.15, 0.2) is 0 Å². The lowest BCUT2D eigenvalue weighted by molar-refractivity contribution is -0.114. The second-order valence-electron chi connectivity index (χ2n) is 6.17. The van der Waals surface area contributed by atoms with Crippen molar-refractivity contribution < 1.29 is 9.59 Å². The average molecular weight is 334 g/mol. The summed E-state index contributed by atoms with van der Waals surface area (Å²) in [5.74, 6) is 0.984. The van der Waals surface area contributed by atoms with Crippen molar-refractivity contribution in [3.63, 3.8) is 0 Å². The number of nitrogens with one attached hydrogen (secondary N) is 2. The highest BCUT2D eigenvalue weighted by molar-refractivity contribution is 6.34. The number of hydrogen-bond donors (Lipinski definition) is 2. The van der Waals surface area contributed by atoms with E-state index in [9.17, 15) is 9.59 Å². The van der Waals surface area contributed by atoms with Crippen molar-refractivity contribution in [1.29, 1.82) is 0 Å². The fourth-order valence-corrected chi connectivity index (χ4v) is 3.50. The predicted molar refractivity (Wildman–Crippen MR) is 91.7 cm³/mol. The summed E-state index contributed by atoms with van der Waals surface area (Å²) in [6.45, 7) is 3.02. The second-order valence-corrected chi connectivity index (χ2v) is 6.58. The molecule has 0 saturated carbocycles. The van der Waals surface area contributed by atoms with Gasteiger partial charge in [0.1, 0.15) is 0 Å². The van der Waals surface area contributed by atoms with Crippen LogP contribution in [0.15, 0.2) is 30.4 Å². The number of nitrogens with zero attached hydrogens (tertiary/aromatic N) is 1. The molecule has 1 aliphatic heterocycles. The smallest absolute Gasteiger partial charge is 0.321 e. The fourth-order valence-electron chi connectivity index (χ4n) is 3.27. The van der Waals surface area contributed by atoms with E-state index in [2.05, 4.69) is 22.8 Å². The Morgan fingerprint density at radius 3 is 2.35 bits per heavy atom. The number of likely N-dealkylation sites (tertiary alicyclic amines) is 1. The first-order valence-electron chi connectivity index (χ1n) is 7.81. The van der Waals surface area contributed by atoms with Gasteiger partial charge >= 0.3 is 6.03 Å². The van der Waals surface area contributed by atoms with Gasteiger partial charge in [-0.2, -0.15) is 0 Å². The number of amides is 3. The number of benzene rings is 1. The molecule has 0 spiro atoms. The summed E-state index contributed by atoms with van der Waals surface area (Å²) in [6, 6.07) is 4.94. The minimum absolute atomic E-state index is 0.117.